The van der Waals surface area contributed by atoms with Crippen LogP contribution in [0, 0.1) is 5.92 Å². The molecule has 0 saturated carbocycles. The molecule has 1 heterocycles. The number of fused-ring (bicyclic) bond motifs is 1. The quantitative estimate of drug-likeness (QED) is 0.820. The second-order valence-corrected chi connectivity index (χ2v) is 8.14. The van der Waals surface area contributed by atoms with Gasteiger partial charge in [-0.25, -0.2) is 0 Å². The van der Waals surface area contributed by atoms with Crippen molar-refractivity contribution in [3.05, 3.63) is 50.9 Å². The molecule has 4 nitrogen and oxygen atoms in total. The van der Waals surface area contributed by atoms with E-state index in [9.17, 15) is 9.59 Å². The number of thiophene rings is 1. The van der Waals surface area contributed by atoms with E-state index in [-0.39, 0.29) is 5.91 Å². The summed E-state index contributed by atoms with van der Waals surface area (Å²) in [5, 5.41) is 4.18. The number of primary amides is 1. The molecule has 0 radical (unpaired) electrons. The summed E-state index contributed by atoms with van der Waals surface area (Å²) in [6, 6.07) is 7.45. The molecule has 2 aromatic rings. The van der Waals surface area contributed by atoms with Crippen molar-refractivity contribution in [2.45, 2.75) is 39.0 Å². The Morgan fingerprint density at radius 2 is 2.04 bits per heavy atom. The van der Waals surface area contributed by atoms with Gasteiger partial charge in [-0.1, -0.05) is 30.7 Å². The molecule has 132 valence electrons. The predicted octanol–water partition coefficient (Wildman–Crippen LogP) is 4.20. The van der Waals surface area contributed by atoms with Gasteiger partial charge in [0, 0.05) is 16.3 Å². The molecule has 3 rings (SSSR count). The number of anilines is 1. The van der Waals surface area contributed by atoms with Crippen LogP contribution in [-0.2, 0) is 24.1 Å². The average molecular weight is 377 g/mol. The fourth-order valence-electron chi connectivity index (χ4n) is 3.20. The highest BCUT2D eigenvalue weighted by atomic mass is 35.5. The molecule has 1 atom stereocenters. The number of hydrogen-bond donors (Lipinski definition) is 2. The van der Waals surface area contributed by atoms with Crippen LogP contribution >= 0.6 is 22.9 Å². The van der Waals surface area contributed by atoms with Crippen molar-refractivity contribution in [1.82, 2.24) is 0 Å². The number of carbonyl (C=O) groups excluding carboxylic acids is 2. The van der Waals surface area contributed by atoms with Crippen LogP contribution in [0.1, 0.15) is 46.1 Å². The first-order valence-corrected chi connectivity index (χ1v) is 9.62. The first-order chi connectivity index (χ1) is 11.9. The van der Waals surface area contributed by atoms with Crippen molar-refractivity contribution in [3.63, 3.8) is 0 Å². The third kappa shape index (κ3) is 4.22. The van der Waals surface area contributed by atoms with E-state index in [1.54, 1.807) is 0 Å². The van der Waals surface area contributed by atoms with Gasteiger partial charge in [-0.3, -0.25) is 9.59 Å². The van der Waals surface area contributed by atoms with Crippen LogP contribution in [0.2, 0.25) is 5.02 Å². The first-order valence-electron chi connectivity index (χ1n) is 8.42. The number of hydrogen-bond acceptors (Lipinski definition) is 3. The molecule has 0 saturated heterocycles. The average Bonchev–Trinajstić information content (AvgIpc) is 2.91. The van der Waals surface area contributed by atoms with Gasteiger partial charge in [0.25, 0.3) is 5.91 Å². The van der Waals surface area contributed by atoms with Crippen LogP contribution < -0.4 is 11.1 Å². The highest BCUT2D eigenvalue weighted by Gasteiger charge is 2.27. The Hall–Kier alpha value is -1.85. The smallest absolute Gasteiger partial charge is 0.251 e. The molecule has 0 spiro atoms. The summed E-state index contributed by atoms with van der Waals surface area (Å²) in [6.45, 7) is 2.21. The number of nitrogens with two attached hydrogens (primary N) is 1. The Morgan fingerprint density at radius 1 is 1.32 bits per heavy atom. The van der Waals surface area contributed by atoms with E-state index in [0.29, 0.717) is 34.3 Å². The minimum absolute atomic E-state index is 0.107. The van der Waals surface area contributed by atoms with Gasteiger partial charge < -0.3 is 11.1 Å². The van der Waals surface area contributed by atoms with Crippen LogP contribution in [0.5, 0.6) is 0 Å². The van der Waals surface area contributed by atoms with E-state index in [4.69, 9.17) is 17.3 Å². The molecular weight excluding hydrogens is 356 g/mol. The minimum atomic E-state index is -0.458. The second kappa shape index (κ2) is 7.58. The molecule has 0 bridgehead atoms. The minimum Gasteiger partial charge on any atom is -0.365 e. The lowest BCUT2D eigenvalue weighted by molar-refractivity contribution is -0.116. The van der Waals surface area contributed by atoms with Crippen LogP contribution in [0.15, 0.2) is 24.3 Å². The third-order valence-electron chi connectivity index (χ3n) is 4.57. The Morgan fingerprint density at radius 3 is 2.72 bits per heavy atom. The van der Waals surface area contributed by atoms with Crippen LogP contribution in [0.3, 0.4) is 0 Å². The molecule has 3 N–H and O–H groups in total. The summed E-state index contributed by atoms with van der Waals surface area (Å²) >= 11 is 7.36. The topological polar surface area (TPSA) is 72.2 Å². The Kier molecular flexibility index (Phi) is 5.45. The van der Waals surface area contributed by atoms with Gasteiger partial charge in [0.05, 0.1) is 5.56 Å². The van der Waals surface area contributed by atoms with Crippen LogP contribution in [0.4, 0.5) is 5.00 Å². The Bertz CT molecular complexity index is 799. The summed E-state index contributed by atoms with van der Waals surface area (Å²) in [5.41, 5.74) is 8.16. The molecule has 6 heteroatoms. The standard InChI is InChI=1S/C19H21ClN2O2S/c1-11-2-8-14-15(10-11)25-19(17(14)18(21)24)22-16(23)9-5-12-3-6-13(20)7-4-12/h3-4,6-7,11H,2,5,8-10H2,1H3,(H2,21,24)(H,22,23). The maximum Gasteiger partial charge on any atom is 0.251 e. The second-order valence-electron chi connectivity index (χ2n) is 6.59. The summed E-state index contributed by atoms with van der Waals surface area (Å²) in [4.78, 5) is 25.4. The SMILES string of the molecule is CC1CCc2c(sc(NC(=O)CCc3ccc(Cl)cc3)c2C(N)=O)C1. The number of halogens is 1. The Balaban J connectivity index is 1.70. The molecule has 1 aromatic heterocycles. The van der Waals surface area contributed by atoms with Gasteiger partial charge >= 0.3 is 0 Å². The largest absolute Gasteiger partial charge is 0.365 e. The monoisotopic (exact) mass is 376 g/mol. The molecule has 2 amide bonds. The van der Waals surface area contributed by atoms with Gasteiger partial charge in [-0.05, 0) is 54.9 Å². The van der Waals surface area contributed by atoms with Crippen molar-refractivity contribution in [1.29, 1.82) is 0 Å². The summed E-state index contributed by atoms with van der Waals surface area (Å²) in [5.74, 6) is 0.0319. The summed E-state index contributed by atoms with van der Waals surface area (Å²) in [7, 11) is 0. The van der Waals surface area contributed by atoms with Crippen LogP contribution in [-0.4, -0.2) is 11.8 Å². The highest BCUT2D eigenvalue weighted by molar-refractivity contribution is 7.17. The molecule has 1 unspecified atom stereocenters. The maximum atomic E-state index is 12.3. The molecule has 0 fully saturated rings. The normalized spacial score (nSPS) is 16.3. The van der Waals surface area contributed by atoms with Crippen molar-refractivity contribution in [3.8, 4) is 0 Å². The number of aryl methyl sites for hydroxylation is 1. The maximum absolute atomic E-state index is 12.3. The lowest BCUT2D eigenvalue weighted by Gasteiger charge is -2.18. The summed E-state index contributed by atoms with van der Waals surface area (Å²) < 4.78 is 0. The van der Waals surface area contributed by atoms with Gasteiger partial charge in [0.15, 0.2) is 0 Å². The van der Waals surface area contributed by atoms with Crippen molar-refractivity contribution in [2.24, 2.45) is 11.7 Å². The van der Waals surface area contributed by atoms with E-state index >= 15 is 0 Å². The van der Waals surface area contributed by atoms with Gasteiger partial charge in [-0.2, -0.15) is 0 Å². The zero-order chi connectivity index (χ0) is 18.0. The third-order valence-corrected chi connectivity index (χ3v) is 5.99. The predicted molar refractivity (Wildman–Crippen MR) is 102 cm³/mol. The molecule has 1 aliphatic carbocycles. The molecule has 1 aromatic carbocycles. The van der Waals surface area contributed by atoms with Crippen molar-refractivity contribution < 1.29 is 9.59 Å². The van der Waals surface area contributed by atoms with Crippen LogP contribution in [0.25, 0.3) is 0 Å². The fourth-order valence-corrected chi connectivity index (χ4v) is 4.76. The van der Waals surface area contributed by atoms with E-state index in [2.05, 4.69) is 12.2 Å². The number of carbonyl (C=O) groups is 2. The molecular formula is C19H21ClN2O2S. The number of amides is 2. The van der Waals surface area contributed by atoms with Crippen molar-refractivity contribution in [2.75, 3.05) is 5.32 Å². The van der Waals surface area contributed by atoms with E-state index in [1.165, 1.54) is 16.2 Å². The zero-order valence-electron chi connectivity index (χ0n) is 14.1. The molecule has 1 aliphatic rings. The molecule has 25 heavy (non-hydrogen) atoms. The summed E-state index contributed by atoms with van der Waals surface area (Å²) in [6.07, 6.45) is 3.82. The van der Waals surface area contributed by atoms with Crippen molar-refractivity contribution >= 4 is 39.8 Å². The van der Waals surface area contributed by atoms with E-state index in [1.807, 2.05) is 24.3 Å². The zero-order valence-corrected chi connectivity index (χ0v) is 15.7. The van der Waals surface area contributed by atoms with Gasteiger partial charge in [0.1, 0.15) is 5.00 Å². The Labute approximate surface area is 156 Å². The molecule has 0 aliphatic heterocycles. The highest BCUT2D eigenvalue weighted by Crippen LogP contribution is 2.39. The number of benzene rings is 1. The first kappa shape index (κ1) is 18.0. The fraction of sp³-hybridized carbons (Fsp3) is 0.368. The van der Waals surface area contributed by atoms with Gasteiger partial charge in [-0.15, -0.1) is 11.3 Å². The van der Waals surface area contributed by atoms with Gasteiger partial charge in [0.2, 0.25) is 5.91 Å². The lowest BCUT2D eigenvalue weighted by atomic mass is 9.88. The van der Waals surface area contributed by atoms with E-state index < -0.39 is 5.91 Å². The number of rotatable bonds is 5. The lowest BCUT2D eigenvalue weighted by Crippen LogP contribution is -2.19. The number of nitrogens with one attached hydrogen (secondary N) is 1. The van der Waals surface area contributed by atoms with E-state index in [0.717, 1.165) is 30.4 Å².